The molecule has 0 saturated heterocycles. The number of hydrogen-bond donors (Lipinski definition) is 2. The average molecular weight is 476 g/mol. The van der Waals surface area contributed by atoms with E-state index >= 15 is 0 Å². The molecule has 1 heterocycles. The number of carbonyl (C=O) groups excluding carboxylic acids is 1. The van der Waals surface area contributed by atoms with Crippen LogP contribution in [-0.2, 0) is 6.18 Å². The molecule has 2 aromatic rings. The molecule has 0 atom stereocenters. The van der Waals surface area contributed by atoms with E-state index in [0.717, 1.165) is 36.9 Å². The molecule has 160 valence electrons. The van der Waals surface area contributed by atoms with Gasteiger partial charge in [0.05, 0.1) is 10.6 Å². The highest BCUT2D eigenvalue weighted by molar-refractivity contribution is 7.80. The fraction of sp³-hybridized carbons (Fsp3) is 0.350. The fourth-order valence-corrected chi connectivity index (χ4v) is 4.11. The van der Waals surface area contributed by atoms with Gasteiger partial charge in [-0.25, -0.2) is 4.98 Å². The van der Waals surface area contributed by atoms with E-state index in [1.54, 1.807) is 12.1 Å². The summed E-state index contributed by atoms with van der Waals surface area (Å²) in [4.78, 5) is 15.9. The summed E-state index contributed by atoms with van der Waals surface area (Å²) in [5.41, 5.74) is 0.355. The zero-order chi connectivity index (χ0) is 21.9. The average Bonchev–Trinajstić information content (AvgIpc) is 2.69. The van der Waals surface area contributed by atoms with Crippen LogP contribution in [0.1, 0.15) is 59.6 Å². The van der Waals surface area contributed by atoms with Crippen LogP contribution < -0.4 is 10.6 Å². The first-order chi connectivity index (χ1) is 14.1. The molecule has 10 heteroatoms. The molecule has 30 heavy (non-hydrogen) atoms. The minimum absolute atomic E-state index is 0.0165. The highest BCUT2D eigenvalue weighted by Crippen LogP contribution is 2.37. The van der Waals surface area contributed by atoms with Gasteiger partial charge in [-0.1, -0.05) is 42.5 Å². The van der Waals surface area contributed by atoms with Gasteiger partial charge in [-0.05, 0) is 60.8 Å². The molecule has 1 aromatic carbocycles. The van der Waals surface area contributed by atoms with Gasteiger partial charge < -0.3 is 5.32 Å². The summed E-state index contributed by atoms with van der Waals surface area (Å²) in [6, 6.07) is 6.04. The van der Waals surface area contributed by atoms with E-state index in [4.69, 9.17) is 35.4 Å². The van der Waals surface area contributed by atoms with Gasteiger partial charge in [0.15, 0.2) is 5.11 Å². The fourth-order valence-electron chi connectivity index (χ4n) is 3.47. The third-order valence-corrected chi connectivity index (χ3v) is 5.64. The van der Waals surface area contributed by atoms with Gasteiger partial charge in [0, 0.05) is 16.9 Å². The summed E-state index contributed by atoms with van der Waals surface area (Å²) in [5, 5.41) is 5.56. The zero-order valence-corrected chi connectivity index (χ0v) is 18.0. The molecular weight excluding hydrogens is 458 g/mol. The van der Waals surface area contributed by atoms with Gasteiger partial charge in [-0.3, -0.25) is 10.1 Å². The highest BCUT2D eigenvalue weighted by atomic mass is 35.5. The zero-order valence-electron chi connectivity index (χ0n) is 15.7. The van der Waals surface area contributed by atoms with Crippen molar-refractivity contribution in [2.24, 2.45) is 0 Å². The molecule has 0 radical (unpaired) electrons. The molecule has 1 aromatic heterocycles. The molecule has 1 aliphatic carbocycles. The van der Waals surface area contributed by atoms with Crippen molar-refractivity contribution in [1.82, 2.24) is 10.3 Å². The van der Waals surface area contributed by atoms with E-state index < -0.39 is 22.7 Å². The van der Waals surface area contributed by atoms with E-state index in [0.29, 0.717) is 23.2 Å². The molecule has 2 N–H and O–H groups in total. The number of carbonyl (C=O) groups is 1. The molecule has 4 nitrogen and oxygen atoms in total. The number of alkyl halides is 3. The predicted molar refractivity (Wildman–Crippen MR) is 115 cm³/mol. The van der Waals surface area contributed by atoms with Crippen LogP contribution in [0.3, 0.4) is 0 Å². The quantitative estimate of drug-likeness (QED) is 0.492. The largest absolute Gasteiger partial charge is 0.417 e. The van der Waals surface area contributed by atoms with E-state index in [9.17, 15) is 18.0 Å². The van der Waals surface area contributed by atoms with Crippen LogP contribution in [0.25, 0.3) is 0 Å². The molecule has 3 rings (SSSR count). The van der Waals surface area contributed by atoms with Gasteiger partial charge in [-0.15, -0.1) is 0 Å². The number of aromatic nitrogens is 1. The minimum Gasteiger partial charge on any atom is -0.332 e. The first-order valence-corrected chi connectivity index (χ1v) is 10.5. The number of halogens is 5. The molecule has 1 fully saturated rings. The van der Waals surface area contributed by atoms with Crippen LogP contribution in [0.4, 0.5) is 18.9 Å². The van der Waals surface area contributed by atoms with E-state index in [1.165, 1.54) is 6.42 Å². The van der Waals surface area contributed by atoms with Crippen LogP contribution in [0.2, 0.25) is 10.0 Å². The Morgan fingerprint density at radius 3 is 2.47 bits per heavy atom. The Morgan fingerprint density at radius 2 is 1.83 bits per heavy atom. The van der Waals surface area contributed by atoms with E-state index in [-0.39, 0.29) is 10.8 Å². The molecule has 0 bridgehead atoms. The van der Waals surface area contributed by atoms with Gasteiger partial charge >= 0.3 is 6.18 Å². The van der Waals surface area contributed by atoms with Crippen molar-refractivity contribution < 1.29 is 18.0 Å². The van der Waals surface area contributed by atoms with Crippen LogP contribution in [0, 0.1) is 0 Å². The number of hydrogen-bond acceptors (Lipinski definition) is 3. The molecule has 1 amide bonds. The van der Waals surface area contributed by atoms with Crippen LogP contribution in [0.15, 0.2) is 30.5 Å². The SMILES string of the molecule is O=C(NC(=S)Nc1ccc(Cl)cc1C1CCCCC1)c1ncc(C(F)(F)F)cc1Cl. The number of nitrogens with zero attached hydrogens (tertiary/aromatic N) is 1. The Bertz CT molecular complexity index is 963. The van der Waals surface area contributed by atoms with Gasteiger partial charge in [-0.2, -0.15) is 13.2 Å². The van der Waals surface area contributed by atoms with Crippen LogP contribution in [-0.4, -0.2) is 16.0 Å². The second kappa shape index (κ2) is 9.49. The Balaban J connectivity index is 1.72. The number of thiocarbonyl (C=S) groups is 1. The highest BCUT2D eigenvalue weighted by Gasteiger charge is 2.32. The lowest BCUT2D eigenvalue weighted by Crippen LogP contribution is -2.35. The van der Waals surface area contributed by atoms with E-state index in [2.05, 4.69) is 15.6 Å². The van der Waals surface area contributed by atoms with Crippen LogP contribution in [0.5, 0.6) is 0 Å². The summed E-state index contributed by atoms with van der Waals surface area (Å²) >= 11 is 17.2. The predicted octanol–water partition coefficient (Wildman–Crippen LogP) is 6.58. The molecule has 0 unspecified atom stereocenters. The number of rotatable bonds is 3. The Labute approximate surface area is 187 Å². The smallest absolute Gasteiger partial charge is 0.332 e. The number of anilines is 1. The second-order valence-corrected chi connectivity index (χ2v) is 8.28. The third kappa shape index (κ3) is 5.62. The molecule has 0 spiro atoms. The van der Waals surface area contributed by atoms with Crippen LogP contribution >= 0.6 is 35.4 Å². The maximum Gasteiger partial charge on any atom is 0.417 e. The van der Waals surface area contributed by atoms with Crippen molar-refractivity contribution in [1.29, 1.82) is 0 Å². The maximum atomic E-state index is 12.7. The van der Waals surface area contributed by atoms with Crippen molar-refractivity contribution in [2.45, 2.75) is 44.2 Å². The standard InChI is InChI=1S/C20H18Cl2F3N3OS/c21-13-6-7-16(14(9-13)11-4-2-1-3-5-11)27-19(30)28-18(29)17-15(22)8-12(10-26-17)20(23,24)25/h6-11H,1-5H2,(H2,27,28,29,30). The Hall–Kier alpha value is -1.90. The van der Waals surface area contributed by atoms with Crippen molar-refractivity contribution in [3.63, 3.8) is 0 Å². The first-order valence-electron chi connectivity index (χ1n) is 9.29. The normalized spacial score (nSPS) is 15.0. The van der Waals surface area contributed by atoms with Crippen molar-refractivity contribution in [3.8, 4) is 0 Å². The number of pyridine rings is 1. The molecular formula is C20H18Cl2F3N3OS. The Kier molecular flexibility index (Phi) is 7.21. The third-order valence-electron chi connectivity index (χ3n) is 4.92. The summed E-state index contributed by atoms with van der Waals surface area (Å²) in [6.07, 6.45) is 1.50. The summed E-state index contributed by atoms with van der Waals surface area (Å²) in [6.45, 7) is 0. The topological polar surface area (TPSA) is 54.0 Å². The molecule has 1 saturated carbocycles. The summed E-state index contributed by atoms with van der Waals surface area (Å²) in [5.74, 6) is -0.469. The summed E-state index contributed by atoms with van der Waals surface area (Å²) in [7, 11) is 0. The van der Waals surface area contributed by atoms with Gasteiger partial charge in [0.2, 0.25) is 0 Å². The van der Waals surface area contributed by atoms with Gasteiger partial charge in [0.25, 0.3) is 5.91 Å². The molecule has 0 aliphatic heterocycles. The molecule has 1 aliphatic rings. The van der Waals surface area contributed by atoms with E-state index in [1.807, 2.05) is 6.07 Å². The minimum atomic E-state index is -4.60. The van der Waals surface area contributed by atoms with Crippen molar-refractivity contribution in [3.05, 3.63) is 57.3 Å². The van der Waals surface area contributed by atoms with Crippen molar-refractivity contribution >= 4 is 52.1 Å². The lowest BCUT2D eigenvalue weighted by molar-refractivity contribution is -0.137. The number of benzene rings is 1. The van der Waals surface area contributed by atoms with Crippen molar-refractivity contribution in [2.75, 3.05) is 5.32 Å². The summed E-state index contributed by atoms with van der Waals surface area (Å²) < 4.78 is 38.2. The lowest BCUT2D eigenvalue weighted by atomic mass is 9.83. The maximum absolute atomic E-state index is 12.7. The monoisotopic (exact) mass is 475 g/mol. The lowest BCUT2D eigenvalue weighted by Gasteiger charge is -2.25. The number of nitrogens with one attached hydrogen (secondary N) is 2. The first kappa shape index (κ1) is 22.8. The number of amides is 1. The van der Waals surface area contributed by atoms with Gasteiger partial charge in [0.1, 0.15) is 5.69 Å². The second-order valence-electron chi connectivity index (χ2n) is 7.03. The Morgan fingerprint density at radius 1 is 1.13 bits per heavy atom.